The van der Waals surface area contributed by atoms with Crippen molar-refractivity contribution < 1.29 is 10.2 Å². The average molecular weight is 409 g/mol. The molecule has 7 nitrogen and oxygen atoms in total. The molecule has 1 aliphatic rings. The number of anilines is 1. The van der Waals surface area contributed by atoms with Gasteiger partial charge in [-0.15, -0.1) is 0 Å². The smallest absolute Gasteiger partial charge is 0.157 e. The normalized spacial score (nSPS) is 24.4. The lowest BCUT2D eigenvalue weighted by Crippen LogP contribution is -2.35. The summed E-state index contributed by atoms with van der Waals surface area (Å²) in [6.07, 6.45) is 2.26. The van der Waals surface area contributed by atoms with Gasteiger partial charge in [0, 0.05) is 34.4 Å². The zero-order chi connectivity index (χ0) is 20.1. The molecule has 147 valence electrons. The molecule has 4 atom stereocenters. The Kier molecular flexibility index (Phi) is 4.38. The van der Waals surface area contributed by atoms with Crippen molar-refractivity contribution in [1.82, 2.24) is 19.6 Å². The van der Waals surface area contributed by atoms with Crippen molar-refractivity contribution in [1.29, 1.82) is 0 Å². The zero-order valence-electron chi connectivity index (χ0n) is 15.4. The number of halogens is 1. The highest BCUT2D eigenvalue weighted by Gasteiger charge is 2.39. The molecule has 1 saturated carbocycles. The van der Waals surface area contributed by atoms with E-state index in [0.717, 1.165) is 22.2 Å². The lowest BCUT2D eigenvalue weighted by molar-refractivity contribution is 0.0256. The molecule has 3 heterocycles. The molecule has 29 heavy (non-hydrogen) atoms. The van der Waals surface area contributed by atoms with Gasteiger partial charge in [0.25, 0.3) is 0 Å². The Morgan fingerprint density at radius 1 is 1.07 bits per heavy atom. The number of aliphatic hydroxyl groups is 2. The van der Waals surface area contributed by atoms with Crippen LogP contribution in [-0.4, -0.2) is 48.0 Å². The van der Waals surface area contributed by atoms with Crippen LogP contribution in [0.15, 0.2) is 48.8 Å². The molecule has 0 aliphatic heterocycles. The Hall–Kier alpha value is -2.74. The van der Waals surface area contributed by atoms with E-state index in [0.29, 0.717) is 22.9 Å². The van der Waals surface area contributed by atoms with Crippen molar-refractivity contribution in [2.24, 2.45) is 5.92 Å². The third-order valence-electron chi connectivity index (χ3n) is 5.47. The van der Waals surface area contributed by atoms with Gasteiger partial charge in [0.15, 0.2) is 5.65 Å². The fourth-order valence-corrected chi connectivity index (χ4v) is 4.10. The topological polar surface area (TPSA) is 95.6 Å². The van der Waals surface area contributed by atoms with Gasteiger partial charge in [-0.3, -0.25) is 4.98 Å². The van der Waals surface area contributed by atoms with Gasteiger partial charge in [0.05, 0.1) is 23.4 Å². The summed E-state index contributed by atoms with van der Waals surface area (Å²) in [4.78, 5) is 8.79. The lowest BCUT2D eigenvalue weighted by Gasteiger charge is -2.19. The van der Waals surface area contributed by atoms with Crippen LogP contribution in [0, 0.1) is 12.8 Å². The number of nitrogens with zero attached hydrogens (tertiary/aromatic N) is 4. The second-order valence-electron chi connectivity index (χ2n) is 7.38. The molecule has 0 bridgehead atoms. The molecule has 0 spiro atoms. The van der Waals surface area contributed by atoms with Gasteiger partial charge in [-0.2, -0.15) is 9.61 Å². The first-order chi connectivity index (χ1) is 14.0. The van der Waals surface area contributed by atoms with E-state index >= 15 is 0 Å². The van der Waals surface area contributed by atoms with E-state index in [2.05, 4.69) is 22.2 Å². The molecular weight excluding hydrogens is 390 g/mol. The largest absolute Gasteiger partial charge is 0.390 e. The highest BCUT2D eigenvalue weighted by atomic mass is 35.5. The Morgan fingerprint density at radius 3 is 2.69 bits per heavy atom. The molecule has 1 radical (unpaired) electrons. The molecule has 0 unspecified atom stereocenters. The average Bonchev–Trinajstić information content (AvgIpc) is 3.25. The third-order valence-corrected chi connectivity index (χ3v) is 5.71. The van der Waals surface area contributed by atoms with Crippen molar-refractivity contribution in [2.75, 3.05) is 5.32 Å². The van der Waals surface area contributed by atoms with Crippen LogP contribution in [0.4, 0.5) is 5.82 Å². The SMILES string of the molecule is [CH2][C@@H]1C[C@@H](Nc2ccnc3cc(-c4ccnc5cc(Cl)ccc45)nn23)[C@H](O)[C@@H]1O. The predicted octanol–water partition coefficient (Wildman–Crippen LogP) is 2.95. The van der Waals surface area contributed by atoms with Gasteiger partial charge < -0.3 is 15.5 Å². The third kappa shape index (κ3) is 3.11. The maximum atomic E-state index is 10.3. The van der Waals surface area contributed by atoms with Crippen LogP contribution in [-0.2, 0) is 0 Å². The molecular formula is C21H19ClN5O2. The Bertz CT molecular complexity index is 1210. The Balaban J connectivity index is 1.56. The van der Waals surface area contributed by atoms with Crippen molar-refractivity contribution in [3.8, 4) is 11.3 Å². The maximum Gasteiger partial charge on any atom is 0.157 e. The van der Waals surface area contributed by atoms with E-state index in [-0.39, 0.29) is 12.0 Å². The predicted molar refractivity (Wildman–Crippen MR) is 112 cm³/mol. The minimum atomic E-state index is -0.885. The standard InChI is InChI=1S/C21H19ClN5O2/c1-11-8-17(21(29)20(11)28)25-18-5-7-24-19-10-16(26-27(18)19)14-4-6-23-15-9-12(22)2-3-13(14)15/h2-7,9-11,17,20-21,25,28-29H,1,8H2/t11-,17-,20-,21+/m1/s1. The number of aliphatic hydroxyl groups excluding tert-OH is 2. The fourth-order valence-electron chi connectivity index (χ4n) is 3.94. The van der Waals surface area contributed by atoms with Gasteiger partial charge in [0.1, 0.15) is 11.9 Å². The van der Waals surface area contributed by atoms with Crippen LogP contribution >= 0.6 is 11.6 Å². The van der Waals surface area contributed by atoms with E-state index in [1.165, 1.54) is 0 Å². The highest BCUT2D eigenvalue weighted by Crippen LogP contribution is 2.31. The Labute approximate surface area is 172 Å². The molecule has 4 aromatic rings. The van der Waals surface area contributed by atoms with Crippen molar-refractivity contribution in [3.05, 3.63) is 60.7 Å². The molecule has 1 aliphatic carbocycles. The minimum absolute atomic E-state index is 0.219. The van der Waals surface area contributed by atoms with E-state index in [1.807, 2.05) is 30.3 Å². The van der Waals surface area contributed by atoms with Crippen molar-refractivity contribution in [2.45, 2.75) is 24.7 Å². The lowest BCUT2D eigenvalue weighted by atomic mass is 10.1. The van der Waals surface area contributed by atoms with E-state index in [1.54, 1.807) is 23.0 Å². The molecule has 5 rings (SSSR count). The van der Waals surface area contributed by atoms with Crippen LogP contribution in [0.1, 0.15) is 6.42 Å². The van der Waals surface area contributed by atoms with E-state index < -0.39 is 12.2 Å². The summed E-state index contributed by atoms with van der Waals surface area (Å²) in [7, 11) is 0. The second-order valence-corrected chi connectivity index (χ2v) is 7.81. The second kappa shape index (κ2) is 6.95. The summed E-state index contributed by atoms with van der Waals surface area (Å²) >= 11 is 6.09. The van der Waals surface area contributed by atoms with Gasteiger partial charge in [0.2, 0.25) is 0 Å². The van der Waals surface area contributed by atoms with Gasteiger partial charge in [-0.25, -0.2) is 4.98 Å². The molecule has 0 amide bonds. The summed E-state index contributed by atoms with van der Waals surface area (Å²) < 4.78 is 1.70. The number of benzene rings is 1. The first-order valence-corrected chi connectivity index (χ1v) is 9.74. The fraction of sp³-hybridized carbons (Fsp3) is 0.238. The summed E-state index contributed by atoms with van der Waals surface area (Å²) in [6.45, 7) is 3.90. The van der Waals surface area contributed by atoms with Crippen molar-refractivity contribution >= 4 is 34.0 Å². The van der Waals surface area contributed by atoms with Gasteiger partial charge in [-0.1, -0.05) is 17.7 Å². The maximum absolute atomic E-state index is 10.3. The quantitative estimate of drug-likeness (QED) is 0.482. The minimum Gasteiger partial charge on any atom is -0.390 e. The summed E-state index contributed by atoms with van der Waals surface area (Å²) in [5, 5.41) is 29.9. The van der Waals surface area contributed by atoms with Crippen LogP contribution in [0.25, 0.3) is 27.8 Å². The first-order valence-electron chi connectivity index (χ1n) is 9.36. The van der Waals surface area contributed by atoms with Gasteiger partial charge >= 0.3 is 0 Å². The molecule has 1 aromatic carbocycles. The number of aromatic nitrogens is 4. The summed E-state index contributed by atoms with van der Waals surface area (Å²) in [5.41, 5.74) is 3.15. The molecule has 1 fully saturated rings. The molecule has 3 aromatic heterocycles. The molecule has 8 heteroatoms. The number of nitrogens with one attached hydrogen (secondary N) is 1. The number of fused-ring (bicyclic) bond motifs is 2. The number of pyridine rings is 1. The van der Waals surface area contributed by atoms with Crippen LogP contribution < -0.4 is 5.32 Å². The molecule has 0 saturated heterocycles. The van der Waals surface area contributed by atoms with E-state index in [9.17, 15) is 10.2 Å². The number of hydrogen-bond acceptors (Lipinski definition) is 6. The number of rotatable bonds is 3. The highest BCUT2D eigenvalue weighted by molar-refractivity contribution is 6.31. The summed E-state index contributed by atoms with van der Waals surface area (Å²) in [5.74, 6) is 0.469. The van der Waals surface area contributed by atoms with Crippen LogP contribution in [0.2, 0.25) is 5.02 Å². The Morgan fingerprint density at radius 2 is 1.90 bits per heavy atom. The molecule has 3 N–H and O–H groups in total. The monoisotopic (exact) mass is 408 g/mol. The zero-order valence-corrected chi connectivity index (χ0v) is 16.2. The first kappa shape index (κ1) is 18.3. The van der Waals surface area contributed by atoms with E-state index in [4.69, 9.17) is 16.7 Å². The van der Waals surface area contributed by atoms with Crippen LogP contribution in [0.5, 0.6) is 0 Å². The van der Waals surface area contributed by atoms with Crippen molar-refractivity contribution in [3.63, 3.8) is 0 Å². The number of hydrogen-bond donors (Lipinski definition) is 3. The summed E-state index contributed by atoms with van der Waals surface area (Å²) in [6, 6.07) is 10.9. The van der Waals surface area contributed by atoms with Crippen LogP contribution in [0.3, 0.4) is 0 Å². The van der Waals surface area contributed by atoms with Gasteiger partial charge in [-0.05, 0) is 43.5 Å².